The van der Waals surface area contributed by atoms with Gasteiger partial charge in [-0.15, -0.1) is 0 Å². The summed E-state index contributed by atoms with van der Waals surface area (Å²) in [6, 6.07) is 11.1. The lowest BCUT2D eigenvalue weighted by Crippen LogP contribution is -2.16. The monoisotopic (exact) mass is 350 g/mol. The quantitative estimate of drug-likeness (QED) is 0.546. The van der Waals surface area contributed by atoms with E-state index in [-0.39, 0.29) is 5.91 Å². The van der Waals surface area contributed by atoms with E-state index < -0.39 is 0 Å². The summed E-state index contributed by atoms with van der Waals surface area (Å²) in [5.74, 6) is -0.178. The lowest BCUT2D eigenvalue weighted by atomic mass is 10.2. The van der Waals surface area contributed by atoms with E-state index >= 15 is 0 Å². The topological polar surface area (TPSA) is 70.2 Å². The number of hydrogen-bond donors (Lipinski definition) is 1. The molecule has 0 spiro atoms. The van der Waals surface area contributed by atoms with Gasteiger partial charge in [0.1, 0.15) is 16.7 Å². The molecule has 0 aliphatic rings. The zero-order valence-electron chi connectivity index (χ0n) is 14.1. The van der Waals surface area contributed by atoms with Crippen molar-refractivity contribution in [3.63, 3.8) is 0 Å². The van der Waals surface area contributed by atoms with Crippen LogP contribution in [0.5, 0.6) is 0 Å². The van der Waals surface area contributed by atoms with Crippen molar-refractivity contribution in [3.8, 4) is 5.40 Å². The van der Waals surface area contributed by atoms with Gasteiger partial charge in [-0.25, -0.2) is 4.98 Å². The van der Waals surface area contributed by atoms with Crippen LogP contribution >= 0.6 is 11.8 Å². The number of anilines is 1. The maximum absolute atomic E-state index is 12.9. The van der Waals surface area contributed by atoms with Gasteiger partial charge in [0.2, 0.25) is 0 Å². The van der Waals surface area contributed by atoms with Gasteiger partial charge in [0.05, 0.1) is 5.69 Å². The fourth-order valence-electron chi connectivity index (χ4n) is 2.70. The van der Waals surface area contributed by atoms with E-state index in [1.54, 1.807) is 12.1 Å². The molecule has 0 aliphatic carbocycles. The maximum Gasteiger partial charge on any atom is 0.274 e. The van der Waals surface area contributed by atoms with Gasteiger partial charge in [0.15, 0.2) is 0 Å². The summed E-state index contributed by atoms with van der Waals surface area (Å²) >= 11 is 1.09. The fourth-order valence-corrected chi connectivity index (χ4v) is 3.08. The third-order valence-electron chi connectivity index (χ3n) is 3.82. The summed E-state index contributed by atoms with van der Waals surface area (Å²) < 4.78 is 1.86. The first-order valence-corrected chi connectivity index (χ1v) is 8.89. The zero-order chi connectivity index (χ0) is 17.8. The van der Waals surface area contributed by atoms with E-state index in [1.165, 1.54) is 0 Å². The first-order valence-electron chi connectivity index (χ1n) is 8.07. The molecule has 0 unspecified atom stereocenters. The first-order chi connectivity index (χ1) is 12.1. The van der Waals surface area contributed by atoms with Crippen LogP contribution in [0.15, 0.2) is 47.5 Å². The van der Waals surface area contributed by atoms with E-state index in [4.69, 9.17) is 5.26 Å². The van der Waals surface area contributed by atoms with Crippen LogP contribution in [0.25, 0.3) is 5.65 Å². The fraction of sp³-hybridized carbons (Fsp3) is 0.211. The second-order valence-electron chi connectivity index (χ2n) is 5.76. The molecule has 5 nitrogen and oxygen atoms in total. The summed E-state index contributed by atoms with van der Waals surface area (Å²) in [6.07, 6.45) is 3.60. The van der Waals surface area contributed by atoms with Crippen LogP contribution in [-0.4, -0.2) is 15.3 Å². The molecule has 25 heavy (non-hydrogen) atoms. The Hall–Kier alpha value is -2.78. The van der Waals surface area contributed by atoms with Gasteiger partial charge in [-0.1, -0.05) is 19.4 Å². The second kappa shape index (κ2) is 7.41. The normalized spacial score (nSPS) is 10.6. The van der Waals surface area contributed by atoms with E-state index in [0.717, 1.165) is 46.4 Å². The zero-order valence-corrected chi connectivity index (χ0v) is 14.9. The predicted octanol–water partition coefficient (Wildman–Crippen LogP) is 4.42. The van der Waals surface area contributed by atoms with Crippen LogP contribution in [0.3, 0.4) is 0 Å². The number of nitrogens with zero attached hydrogens (tertiary/aromatic N) is 3. The van der Waals surface area contributed by atoms with Crippen molar-refractivity contribution < 1.29 is 4.79 Å². The standard InChI is InChI=1S/C19H18N4OS/c1-3-4-16-18(23-11-13(2)5-10-17(23)22-16)19(24)21-14-6-8-15(9-7-14)25-12-20/h5-11H,3-4H2,1-2H3,(H,21,24). The molecular formula is C19H18N4OS. The van der Waals surface area contributed by atoms with Gasteiger partial charge in [-0.2, -0.15) is 5.26 Å². The van der Waals surface area contributed by atoms with Crippen molar-refractivity contribution in [1.82, 2.24) is 9.38 Å². The summed E-state index contributed by atoms with van der Waals surface area (Å²) in [5, 5.41) is 13.7. The Morgan fingerprint density at radius 2 is 2.04 bits per heavy atom. The smallest absolute Gasteiger partial charge is 0.274 e. The Bertz CT molecular complexity index is 954. The molecule has 0 atom stereocenters. The highest BCUT2D eigenvalue weighted by Crippen LogP contribution is 2.21. The number of rotatable bonds is 5. The third kappa shape index (κ3) is 3.67. The molecule has 0 radical (unpaired) electrons. The van der Waals surface area contributed by atoms with Crippen LogP contribution in [0.1, 0.15) is 35.1 Å². The molecule has 2 aromatic heterocycles. The second-order valence-corrected chi connectivity index (χ2v) is 6.62. The molecule has 0 aliphatic heterocycles. The number of imidazole rings is 1. The number of nitriles is 1. The van der Waals surface area contributed by atoms with Crippen LogP contribution in [-0.2, 0) is 6.42 Å². The summed E-state index contributed by atoms with van der Waals surface area (Å²) in [7, 11) is 0. The van der Waals surface area contributed by atoms with Gasteiger partial charge in [0.25, 0.3) is 5.91 Å². The van der Waals surface area contributed by atoms with Crippen LogP contribution < -0.4 is 5.32 Å². The third-order valence-corrected chi connectivity index (χ3v) is 4.42. The Kier molecular flexibility index (Phi) is 5.05. The molecule has 6 heteroatoms. The Morgan fingerprint density at radius 3 is 2.72 bits per heavy atom. The van der Waals surface area contributed by atoms with E-state index in [0.29, 0.717) is 11.4 Å². The molecule has 0 fully saturated rings. The molecule has 1 amide bonds. The number of aromatic nitrogens is 2. The number of nitrogens with one attached hydrogen (secondary N) is 1. The van der Waals surface area contributed by atoms with Crippen molar-refractivity contribution in [3.05, 3.63) is 59.5 Å². The number of pyridine rings is 1. The Balaban J connectivity index is 1.94. The molecule has 126 valence electrons. The first kappa shape index (κ1) is 17.1. The minimum absolute atomic E-state index is 0.178. The minimum atomic E-state index is -0.178. The molecule has 1 N–H and O–H groups in total. The molecule has 1 aromatic carbocycles. The average Bonchev–Trinajstić information content (AvgIpc) is 2.94. The number of carbonyl (C=O) groups is 1. The van der Waals surface area contributed by atoms with E-state index in [9.17, 15) is 4.79 Å². The molecule has 3 rings (SSSR count). The number of fused-ring (bicyclic) bond motifs is 1. The highest BCUT2D eigenvalue weighted by Gasteiger charge is 2.19. The highest BCUT2D eigenvalue weighted by atomic mass is 32.2. The molecule has 0 saturated carbocycles. The lowest BCUT2D eigenvalue weighted by Gasteiger charge is -2.08. The maximum atomic E-state index is 12.9. The van der Waals surface area contributed by atoms with E-state index in [1.807, 2.05) is 47.2 Å². The summed E-state index contributed by atoms with van der Waals surface area (Å²) in [4.78, 5) is 18.3. The highest BCUT2D eigenvalue weighted by molar-refractivity contribution is 8.03. The Morgan fingerprint density at radius 1 is 1.28 bits per heavy atom. The number of thiocyanates is 1. The van der Waals surface area contributed by atoms with Crippen molar-refractivity contribution >= 4 is 29.0 Å². The minimum Gasteiger partial charge on any atom is -0.321 e. The number of carbonyl (C=O) groups excluding carboxylic acids is 1. The lowest BCUT2D eigenvalue weighted by molar-refractivity contribution is 0.102. The number of hydrogen-bond acceptors (Lipinski definition) is 4. The van der Waals surface area contributed by atoms with Crippen molar-refractivity contribution in [2.24, 2.45) is 0 Å². The predicted molar refractivity (Wildman–Crippen MR) is 99.8 cm³/mol. The van der Waals surface area contributed by atoms with Gasteiger partial charge < -0.3 is 5.32 Å². The molecule has 3 aromatic rings. The van der Waals surface area contributed by atoms with Crippen LogP contribution in [0.2, 0.25) is 0 Å². The van der Waals surface area contributed by atoms with Gasteiger partial charge >= 0.3 is 0 Å². The molecule has 2 heterocycles. The van der Waals surface area contributed by atoms with Crippen molar-refractivity contribution in [2.45, 2.75) is 31.6 Å². The van der Waals surface area contributed by atoms with Gasteiger partial charge in [0, 0.05) is 16.8 Å². The van der Waals surface area contributed by atoms with E-state index in [2.05, 4.69) is 17.2 Å². The van der Waals surface area contributed by atoms with Gasteiger partial charge in [-0.05, 0) is 61.0 Å². The number of amides is 1. The van der Waals surface area contributed by atoms with Gasteiger partial charge in [-0.3, -0.25) is 9.20 Å². The molecule has 0 saturated heterocycles. The summed E-state index contributed by atoms with van der Waals surface area (Å²) in [6.45, 7) is 4.06. The SMILES string of the molecule is CCCc1nc2ccc(C)cn2c1C(=O)Nc1ccc(SC#N)cc1. The number of benzene rings is 1. The average molecular weight is 350 g/mol. The van der Waals surface area contributed by atoms with Crippen molar-refractivity contribution in [2.75, 3.05) is 5.32 Å². The number of aryl methyl sites for hydroxylation is 2. The largest absolute Gasteiger partial charge is 0.321 e. The van der Waals surface area contributed by atoms with Crippen LogP contribution in [0.4, 0.5) is 5.69 Å². The van der Waals surface area contributed by atoms with Crippen LogP contribution in [0, 0.1) is 17.6 Å². The van der Waals surface area contributed by atoms with Crippen molar-refractivity contribution in [1.29, 1.82) is 5.26 Å². The Labute approximate surface area is 150 Å². The molecule has 0 bridgehead atoms. The number of thioether (sulfide) groups is 1. The molecular weight excluding hydrogens is 332 g/mol. The summed E-state index contributed by atoms with van der Waals surface area (Å²) in [5.41, 5.74) is 3.93.